The van der Waals surface area contributed by atoms with Gasteiger partial charge >= 0.3 is 27.0 Å². The Morgan fingerprint density at radius 1 is 1.60 bits per heavy atom. The number of carbonyl (C=O) groups is 1. The summed E-state index contributed by atoms with van der Waals surface area (Å²) in [4.78, 5) is 9.97. The van der Waals surface area contributed by atoms with Gasteiger partial charge in [-0.15, -0.1) is 0 Å². The van der Waals surface area contributed by atoms with Crippen molar-refractivity contribution < 1.29 is 35.4 Å². The minimum atomic E-state index is -1.03. The van der Waals surface area contributed by atoms with Gasteiger partial charge in [-0.1, -0.05) is 0 Å². The summed E-state index contributed by atoms with van der Waals surface area (Å²) in [6, 6.07) is 2.92. The zero-order chi connectivity index (χ0) is 7.98. The van der Waals surface area contributed by atoms with Crippen molar-refractivity contribution in [3.63, 3.8) is 0 Å². The molecule has 1 aromatic rings. The van der Waals surface area contributed by atoms with Gasteiger partial charge in [0.1, 0.15) is 0 Å². The van der Waals surface area contributed by atoms with Crippen LogP contribution >= 0.6 is 0 Å². The van der Waals surface area contributed by atoms with Crippen LogP contribution < -0.4 is 0 Å². The first-order valence-corrected chi connectivity index (χ1v) is 2.83. The molecule has 0 spiro atoms. The number of rotatable bonds is 1. The SMILES string of the molecule is O=C(O)c1ccco1.[O]=[V]. The van der Waals surface area contributed by atoms with Gasteiger partial charge in [0, 0.05) is 0 Å². The zero-order valence-electron chi connectivity index (χ0n) is 4.85. The van der Waals surface area contributed by atoms with E-state index in [-0.39, 0.29) is 5.76 Å². The minimum absolute atomic E-state index is 0.0231. The van der Waals surface area contributed by atoms with Crippen molar-refractivity contribution in [2.24, 2.45) is 0 Å². The number of hydrogen-bond acceptors (Lipinski definition) is 3. The molecule has 0 atom stereocenters. The van der Waals surface area contributed by atoms with Crippen LogP contribution in [-0.4, -0.2) is 11.1 Å². The van der Waals surface area contributed by atoms with Gasteiger partial charge in [0.2, 0.25) is 5.76 Å². The summed E-state index contributed by atoms with van der Waals surface area (Å²) in [5, 5.41) is 8.18. The Morgan fingerprint density at radius 3 is 2.40 bits per heavy atom. The topological polar surface area (TPSA) is 67.5 Å². The monoisotopic (exact) mass is 179 g/mol. The Hall–Kier alpha value is -0.866. The van der Waals surface area contributed by atoms with Crippen LogP contribution in [0.3, 0.4) is 0 Å². The Morgan fingerprint density at radius 2 is 2.20 bits per heavy atom. The van der Waals surface area contributed by atoms with Gasteiger partial charge in [0.15, 0.2) is 0 Å². The Kier molecular flexibility index (Phi) is 4.53. The third-order valence-corrected chi connectivity index (χ3v) is 0.732. The third-order valence-electron chi connectivity index (χ3n) is 0.732. The van der Waals surface area contributed by atoms with E-state index in [2.05, 4.69) is 4.42 Å². The van der Waals surface area contributed by atoms with Gasteiger partial charge in [-0.05, 0) is 12.1 Å². The fraction of sp³-hybridized carbons (Fsp3) is 0. The molecule has 1 heterocycles. The van der Waals surface area contributed by atoms with Crippen molar-refractivity contribution in [3.05, 3.63) is 24.2 Å². The summed E-state index contributed by atoms with van der Waals surface area (Å²) in [6.45, 7) is 0. The third kappa shape index (κ3) is 2.61. The average molecular weight is 179 g/mol. The van der Waals surface area contributed by atoms with Crippen molar-refractivity contribution in [1.29, 1.82) is 0 Å². The van der Waals surface area contributed by atoms with Crippen LogP contribution in [0.5, 0.6) is 0 Å². The molecule has 1 aromatic heterocycles. The molecule has 53 valence electrons. The summed E-state index contributed by atoms with van der Waals surface area (Å²) in [5.41, 5.74) is 0. The number of carboxylic acids is 1. The van der Waals surface area contributed by atoms with E-state index in [0.29, 0.717) is 0 Å². The van der Waals surface area contributed by atoms with E-state index < -0.39 is 5.97 Å². The van der Waals surface area contributed by atoms with Crippen LogP contribution in [0.2, 0.25) is 0 Å². The van der Waals surface area contributed by atoms with Crippen molar-refractivity contribution in [2.45, 2.75) is 0 Å². The second kappa shape index (κ2) is 4.96. The van der Waals surface area contributed by atoms with E-state index in [4.69, 9.17) is 8.78 Å². The Labute approximate surface area is 66.0 Å². The van der Waals surface area contributed by atoms with Crippen LogP contribution in [0.1, 0.15) is 10.6 Å². The van der Waals surface area contributed by atoms with Crippen molar-refractivity contribution in [3.8, 4) is 0 Å². The second-order valence-corrected chi connectivity index (χ2v) is 1.28. The molecular formula is C5H4O4V. The Bertz CT molecular complexity index is 193. The van der Waals surface area contributed by atoms with Crippen molar-refractivity contribution in [1.82, 2.24) is 0 Å². The second-order valence-electron chi connectivity index (χ2n) is 1.28. The molecule has 0 fully saturated rings. The van der Waals surface area contributed by atoms with E-state index in [0.717, 1.165) is 17.4 Å². The van der Waals surface area contributed by atoms with E-state index >= 15 is 0 Å². The first-order valence-electron chi connectivity index (χ1n) is 2.26. The summed E-state index contributed by atoms with van der Waals surface area (Å²) in [6.07, 6.45) is 1.32. The van der Waals surface area contributed by atoms with Crippen molar-refractivity contribution >= 4 is 5.97 Å². The standard InChI is InChI=1S/C5H4O3.O.V/c6-5(7)4-2-1-3-8-4;;/h1-3H,(H,6,7);;. The molecular weight excluding hydrogens is 175 g/mol. The van der Waals surface area contributed by atoms with E-state index in [9.17, 15) is 4.79 Å². The normalized spacial score (nSPS) is 7.50. The first-order chi connectivity index (χ1) is 4.80. The van der Waals surface area contributed by atoms with Crippen LogP contribution in [-0.2, 0) is 21.0 Å². The van der Waals surface area contributed by atoms with E-state index in [1.54, 1.807) is 0 Å². The summed E-state index contributed by atoms with van der Waals surface area (Å²) in [5.74, 6) is -1.06. The number of hydrogen-bond donors (Lipinski definition) is 1. The summed E-state index contributed by atoms with van der Waals surface area (Å²) >= 11 is 1.06. The molecule has 0 saturated carbocycles. The molecule has 4 nitrogen and oxygen atoms in total. The number of aromatic carboxylic acids is 1. The van der Waals surface area contributed by atoms with E-state index in [1.165, 1.54) is 18.4 Å². The average Bonchev–Trinajstić information content (AvgIpc) is 2.42. The van der Waals surface area contributed by atoms with Gasteiger partial charge in [-0.2, -0.15) is 0 Å². The molecule has 0 aliphatic heterocycles. The van der Waals surface area contributed by atoms with Crippen LogP contribution in [0.15, 0.2) is 22.8 Å². The quantitative estimate of drug-likeness (QED) is 0.693. The van der Waals surface area contributed by atoms with Crippen LogP contribution in [0.25, 0.3) is 0 Å². The molecule has 5 heteroatoms. The molecule has 0 aromatic carbocycles. The van der Waals surface area contributed by atoms with Gasteiger partial charge in [0.05, 0.1) is 6.26 Å². The van der Waals surface area contributed by atoms with E-state index in [1.807, 2.05) is 0 Å². The summed E-state index contributed by atoms with van der Waals surface area (Å²) < 4.78 is 12.7. The molecule has 1 N–H and O–H groups in total. The van der Waals surface area contributed by atoms with Gasteiger partial charge in [-0.3, -0.25) is 0 Å². The molecule has 0 aliphatic rings. The maximum atomic E-state index is 9.97. The Balaban J connectivity index is 0.000000371. The first kappa shape index (κ1) is 9.13. The number of furan rings is 1. The molecule has 10 heavy (non-hydrogen) atoms. The molecule has 0 unspecified atom stereocenters. The van der Waals surface area contributed by atoms with Crippen LogP contribution in [0, 0.1) is 0 Å². The predicted molar refractivity (Wildman–Crippen MR) is 26.4 cm³/mol. The summed E-state index contributed by atoms with van der Waals surface area (Å²) in [7, 11) is 0. The molecule has 0 aliphatic carbocycles. The molecule has 0 saturated heterocycles. The van der Waals surface area contributed by atoms with Crippen LogP contribution in [0.4, 0.5) is 0 Å². The van der Waals surface area contributed by atoms with Crippen molar-refractivity contribution in [2.75, 3.05) is 0 Å². The number of carboxylic acid groups (broad SMARTS) is 1. The van der Waals surface area contributed by atoms with Gasteiger partial charge in [0.25, 0.3) is 0 Å². The zero-order valence-corrected chi connectivity index (χ0v) is 6.25. The van der Waals surface area contributed by atoms with Gasteiger partial charge in [-0.25, -0.2) is 4.79 Å². The molecule has 1 rings (SSSR count). The fourth-order valence-electron chi connectivity index (χ4n) is 0.400. The maximum absolute atomic E-state index is 9.97. The molecule has 0 amide bonds. The van der Waals surface area contributed by atoms with Gasteiger partial charge < -0.3 is 9.52 Å². The predicted octanol–water partition coefficient (Wildman–Crippen LogP) is 0.856. The molecule has 0 radical (unpaired) electrons. The fourth-order valence-corrected chi connectivity index (χ4v) is 0.400. The molecule has 0 bridgehead atoms.